The molecule has 0 saturated carbocycles. The number of methoxy groups -OCH3 is 4. The van der Waals surface area contributed by atoms with Crippen molar-refractivity contribution >= 4 is 39.8 Å². The molecule has 11 heteroatoms. The average molecular weight is 419 g/mol. The summed E-state index contributed by atoms with van der Waals surface area (Å²) in [6, 6.07) is 0. The first-order valence-corrected chi connectivity index (χ1v) is 6.04. The SMILES string of the molecule is [3H]C([3H])(Br)C(=O)OC.[3H]C([3H])(N)C(=O)OC.[3H]C([3H])(NC([3H])([3H])C(=O)OC)C(=O)OC. The first-order valence-electron chi connectivity index (χ1n) is 9.24. The van der Waals surface area contributed by atoms with Gasteiger partial charge in [0.15, 0.2) is 0 Å². The summed E-state index contributed by atoms with van der Waals surface area (Å²) >= 11 is 2.46. The summed E-state index contributed by atoms with van der Waals surface area (Å²) in [6.45, 7) is -7.98. The maximum absolute atomic E-state index is 10.8. The molecular formula is C12H23BrN2O8. The summed E-state index contributed by atoms with van der Waals surface area (Å²) in [4.78, 5) is 42.0. The van der Waals surface area contributed by atoms with Crippen LogP contribution < -0.4 is 11.1 Å². The first kappa shape index (κ1) is 12.7. The van der Waals surface area contributed by atoms with Gasteiger partial charge in [0.2, 0.25) is 0 Å². The lowest BCUT2D eigenvalue weighted by Crippen LogP contribution is -2.29. The minimum Gasteiger partial charge on any atom is -0.468 e. The monoisotopic (exact) mass is 418 g/mol. The van der Waals surface area contributed by atoms with Crippen molar-refractivity contribution in [2.45, 2.75) is 0 Å². The van der Waals surface area contributed by atoms with Crippen molar-refractivity contribution in [3.63, 3.8) is 0 Å². The van der Waals surface area contributed by atoms with Crippen LogP contribution in [0.25, 0.3) is 0 Å². The van der Waals surface area contributed by atoms with Gasteiger partial charge in [-0.1, -0.05) is 15.9 Å². The van der Waals surface area contributed by atoms with E-state index in [1.54, 1.807) is 5.32 Å². The van der Waals surface area contributed by atoms with Gasteiger partial charge in [-0.15, -0.1) is 0 Å². The molecule has 0 heterocycles. The molecule has 0 unspecified atom stereocenters. The van der Waals surface area contributed by atoms with Gasteiger partial charge < -0.3 is 24.7 Å². The van der Waals surface area contributed by atoms with Gasteiger partial charge in [0.05, 0.1) is 58.9 Å². The minimum absolute atomic E-state index is 0.919. The highest BCUT2D eigenvalue weighted by molar-refractivity contribution is 9.09. The van der Waals surface area contributed by atoms with Crippen LogP contribution in [0.1, 0.15) is 11.0 Å². The normalized spacial score (nSPS) is 15.9. The zero-order chi connectivity index (χ0) is 25.8. The van der Waals surface area contributed by atoms with Crippen molar-refractivity contribution in [2.24, 2.45) is 5.73 Å². The average Bonchev–Trinajstić information content (AvgIpc) is 2.63. The van der Waals surface area contributed by atoms with Gasteiger partial charge in [-0.05, 0) is 0 Å². The van der Waals surface area contributed by atoms with Crippen LogP contribution >= 0.6 is 15.9 Å². The van der Waals surface area contributed by atoms with E-state index in [1.807, 2.05) is 0 Å². The van der Waals surface area contributed by atoms with Crippen LogP contribution in [0.3, 0.4) is 0 Å². The van der Waals surface area contributed by atoms with Crippen LogP contribution in [0, 0.1) is 0 Å². The summed E-state index contributed by atoms with van der Waals surface area (Å²) in [5.41, 5.74) is 4.65. The van der Waals surface area contributed by atoms with E-state index in [-0.39, 0.29) is 0 Å². The van der Waals surface area contributed by atoms with E-state index in [4.69, 9.17) is 11.0 Å². The summed E-state index contributed by atoms with van der Waals surface area (Å²) in [7, 11) is 4.08. The molecule has 0 aliphatic heterocycles. The Labute approximate surface area is 154 Å². The van der Waals surface area contributed by atoms with E-state index in [0.29, 0.717) is 0 Å². The Morgan fingerprint density at radius 3 is 1.35 bits per heavy atom. The zero-order valence-corrected chi connectivity index (χ0v) is 14.3. The first-order chi connectivity index (χ1) is 13.6. The van der Waals surface area contributed by atoms with Crippen molar-refractivity contribution in [2.75, 3.05) is 53.2 Å². The summed E-state index contributed by atoms with van der Waals surface area (Å²) < 4.78 is 70.9. The number of nitrogens with one attached hydrogen (secondary N) is 1. The number of alkyl halides is 1. The van der Waals surface area contributed by atoms with Crippen LogP contribution in [-0.2, 0) is 38.1 Å². The molecule has 3 N–H and O–H groups in total. The lowest BCUT2D eigenvalue weighted by atomic mass is 10.6. The molecule has 0 atom stereocenters. The molecule has 0 aromatic rings. The molecule has 0 rings (SSSR count). The third-order valence-electron chi connectivity index (χ3n) is 1.27. The maximum Gasteiger partial charge on any atom is 0.319 e. The molecule has 10 nitrogen and oxygen atoms in total. The van der Waals surface area contributed by atoms with E-state index in [1.165, 1.54) is 0 Å². The molecule has 0 aliphatic rings. The second-order valence-corrected chi connectivity index (χ2v) is 2.98. The van der Waals surface area contributed by atoms with Crippen molar-refractivity contribution in [3.8, 4) is 0 Å². The van der Waals surface area contributed by atoms with E-state index in [2.05, 4.69) is 40.6 Å². The molecule has 0 aromatic carbocycles. The lowest BCUT2D eigenvalue weighted by molar-refractivity contribution is -0.141. The van der Waals surface area contributed by atoms with Gasteiger partial charge in [0.1, 0.15) is 5.28 Å². The Hall–Kier alpha value is -1.72. The number of rotatable bonds is 6. The fourth-order valence-corrected chi connectivity index (χ4v) is 0.495. The second-order valence-electron chi connectivity index (χ2n) is 2.58. The summed E-state index contributed by atoms with van der Waals surface area (Å²) in [5, 5.41) is -0.488. The predicted octanol–water partition coefficient (Wildman–Crippen LogP) is -1.41. The minimum atomic E-state index is -2.81. The second kappa shape index (κ2) is 20.3. The third kappa shape index (κ3) is 25.6. The van der Waals surface area contributed by atoms with Crippen molar-refractivity contribution < 1.29 is 49.1 Å². The van der Waals surface area contributed by atoms with E-state index in [0.717, 1.165) is 28.4 Å². The molecule has 23 heavy (non-hydrogen) atoms. The number of ether oxygens (including phenoxy) is 4. The van der Waals surface area contributed by atoms with Crippen molar-refractivity contribution in [1.82, 2.24) is 5.32 Å². The third-order valence-corrected chi connectivity index (χ3v) is 1.59. The highest BCUT2D eigenvalue weighted by Crippen LogP contribution is 1.79. The highest BCUT2D eigenvalue weighted by atomic mass is 79.9. The Balaban J connectivity index is -0.000000415. The Morgan fingerprint density at radius 2 is 1.22 bits per heavy atom. The Morgan fingerprint density at radius 1 is 0.870 bits per heavy atom. The topological polar surface area (TPSA) is 143 Å². The summed E-state index contributed by atoms with van der Waals surface area (Å²) in [5.74, 6) is -4.65. The quantitative estimate of drug-likeness (QED) is 0.300. The molecule has 0 amide bonds. The maximum atomic E-state index is 10.8. The number of nitrogens with two attached hydrogens (primary N) is 1. The van der Waals surface area contributed by atoms with Crippen LogP contribution in [-0.4, -0.2) is 77.1 Å². The standard InChI is InChI=1S/C6H11NO4.C3H5BrO2.C3H7NO2/c1-10-5(8)3-7-4-6(9)11-2;2*1-6-3(5)2-4/h7H,3-4H2,1-2H3;2H2,1H3;2,4H2,1H3/i3T2,4T2;2*2T2. The van der Waals surface area contributed by atoms with Crippen molar-refractivity contribution in [1.29, 1.82) is 0 Å². The molecule has 136 valence electrons. The van der Waals surface area contributed by atoms with Gasteiger partial charge in [-0.25, -0.2) is 0 Å². The largest absolute Gasteiger partial charge is 0.468 e. The fraction of sp³-hybridized carbons (Fsp3) is 0.667. The summed E-state index contributed by atoms with van der Waals surface area (Å²) in [6.07, 6.45) is 0. The van der Waals surface area contributed by atoms with E-state index >= 15 is 0 Å². The number of hydrogen-bond donors (Lipinski definition) is 2. The predicted molar refractivity (Wildman–Crippen MR) is 83.8 cm³/mol. The molecule has 0 radical (unpaired) electrons. The zero-order valence-electron chi connectivity index (χ0n) is 20.7. The van der Waals surface area contributed by atoms with Crippen LogP contribution in [0.5, 0.6) is 0 Å². The van der Waals surface area contributed by atoms with E-state index < -0.39 is 48.6 Å². The Bertz CT molecular complexity index is 573. The van der Waals surface area contributed by atoms with Gasteiger partial charge in [0, 0.05) is 0 Å². The number of halogens is 1. The molecule has 0 spiro atoms. The number of carbonyl (C=O) groups is 4. The van der Waals surface area contributed by atoms with Crippen LogP contribution in [0.15, 0.2) is 0 Å². The molecule has 0 saturated heterocycles. The van der Waals surface area contributed by atoms with Gasteiger partial charge in [-0.3, -0.25) is 24.5 Å². The highest BCUT2D eigenvalue weighted by Gasteiger charge is 2.01. The molecule has 0 aliphatic carbocycles. The lowest BCUT2D eigenvalue weighted by Gasteiger charge is -2.00. The van der Waals surface area contributed by atoms with Crippen LogP contribution in [0.4, 0.5) is 0 Å². The van der Waals surface area contributed by atoms with Gasteiger partial charge in [-0.2, -0.15) is 0 Å². The molecule has 0 aromatic heterocycles. The fourth-order valence-electron chi connectivity index (χ4n) is 0.333. The smallest absolute Gasteiger partial charge is 0.319 e. The van der Waals surface area contributed by atoms with Gasteiger partial charge in [0.25, 0.3) is 0 Å². The number of hydrogen-bond acceptors (Lipinski definition) is 10. The Kier molecular flexibility index (Phi) is 11.2. The van der Waals surface area contributed by atoms with Gasteiger partial charge >= 0.3 is 23.9 Å². The molecular weight excluding hydrogens is 380 g/mol. The van der Waals surface area contributed by atoms with Crippen LogP contribution in [0.2, 0.25) is 0 Å². The van der Waals surface area contributed by atoms with Crippen molar-refractivity contribution in [3.05, 3.63) is 0 Å². The molecule has 0 fully saturated rings. The number of esters is 4. The number of carbonyl (C=O) groups excluding carboxylic acids is 4. The van der Waals surface area contributed by atoms with E-state index in [9.17, 15) is 19.2 Å². The molecule has 0 bridgehead atoms.